The van der Waals surface area contributed by atoms with Gasteiger partial charge in [0.2, 0.25) is 5.13 Å². The van der Waals surface area contributed by atoms with Gasteiger partial charge >= 0.3 is 5.97 Å². The van der Waals surface area contributed by atoms with Crippen molar-refractivity contribution in [2.24, 2.45) is 0 Å². The van der Waals surface area contributed by atoms with Crippen LogP contribution in [0, 0.1) is 6.92 Å². The van der Waals surface area contributed by atoms with Gasteiger partial charge in [-0.1, -0.05) is 40.6 Å². The summed E-state index contributed by atoms with van der Waals surface area (Å²) in [6, 6.07) is 9.17. The minimum Gasteiger partial charge on any atom is -0.476 e. The molecule has 5 aromatic rings. The van der Waals surface area contributed by atoms with Gasteiger partial charge in [-0.2, -0.15) is 9.78 Å². The summed E-state index contributed by atoms with van der Waals surface area (Å²) in [5.74, 6) is -0.722. The first kappa shape index (κ1) is 21.6. The van der Waals surface area contributed by atoms with Crippen LogP contribution >= 0.6 is 46.3 Å². The van der Waals surface area contributed by atoms with Gasteiger partial charge in [-0.25, -0.2) is 9.78 Å². The number of carbonyl (C=O) groups is 1. The predicted octanol–water partition coefficient (Wildman–Crippen LogP) is 6.19. The summed E-state index contributed by atoms with van der Waals surface area (Å²) in [5.41, 5.74) is 4.18. The Morgan fingerprint density at radius 3 is 2.76 bits per heavy atom. The largest absolute Gasteiger partial charge is 0.476 e. The second kappa shape index (κ2) is 7.81. The Balaban J connectivity index is 1.56. The number of aromatic carboxylic acids is 1. The van der Waals surface area contributed by atoms with E-state index >= 15 is 0 Å². The molecule has 4 aromatic heterocycles. The average molecular weight is 529 g/mol. The number of hydrogen-bond acceptors (Lipinski definition) is 7. The van der Waals surface area contributed by atoms with Crippen molar-refractivity contribution in [3.8, 4) is 27.8 Å². The number of rotatable bonds is 3. The van der Waals surface area contributed by atoms with Gasteiger partial charge in [0, 0.05) is 17.0 Å². The highest BCUT2D eigenvalue weighted by Crippen LogP contribution is 2.53. The molecule has 0 saturated carbocycles. The number of halogens is 2. The fourth-order valence-corrected chi connectivity index (χ4v) is 6.98. The Bertz CT molecular complexity index is 1640. The van der Waals surface area contributed by atoms with E-state index in [1.165, 1.54) is 16.0 Å². The zero-order valence-electron chi connectivity index (χ0n) is 17.7. The second-order valence-electron chi connectivity index (χ2n) is 7.72. The molecule has 6 rings (SSSR count). The molecule has 34 heavy (non-hydrogen) atoms. The van der Waals surface area contributed by atoms with Gasteiger partial charge in [-0.05, 0) is 43.7 Å². The number of nitrogens with zero attached hydrogens (tertiary/aromatic N) is 6. The molecule has 1 aromatic carbocycles. The molecule has 0 saturated heterocycles. The summed E-state index contributed by atoms with van der Waals surface area (Å²) < 4.78 is 4.09. The standard InChI is InChI=1S/C22H14Cl2N6O2S2/c1-9-16(19-27-26-15-5-3-4-6-29(15)19)18(20(31)32)30(28-9)22-25-17-12-8-14(24)13(23)7-11(12)10(2)33-21(17)34-22/h3-8,10H,1-2H3,(H,31,32). The monoisotopic (exact) mass is 528 g/mol. The topological polar surface area (TPSA) is 98.2 Å². The first-order chi connectivity index (χ1) is 16.3. The highest BCUT2D eigenvalue weighted by Gasteiger charge is 2.32. The summed E-state index contributed by atoms with van der Waals surface area (Å²) in [5, 5.41) is 24.7. The normalized spacial score (nSPS) is 14.9. The van der Waals surface area contributed by atoms with Crippen molar-refractivity contribution in [1.29, 1.82) is 0 Å². The Morgan fingerprint density at radius 1 is 1.18 bits per heavy atom. The van der Waals surface area contributed by atoms with Gasteiger partial charge in [0.15, 0.2) is 17.2 Å². The highest BCUT2D eigenvalue weighted by atomic mass is 35.5. The van der Waals surface area contributed by atoms with E-state index in [1.807, 2.05) is 24.3 Å². The molecule has 1 N–H and O–H groups in total. The Kier molecular flexibility index (Phi) is 4.96. The molecule has 0 radical (unpaired) electrons. The molecule has 5 heterocycles. The van der Waals surface area contributed by atoms with Crippen LogP contribution in [0.15, 0.2) is 40.7 Å². The van der Waals surface area contributed by atoms with Gasteiger partial charge in [-0.15, -0.1) is 22.0 Å². The smallest absolute Gasteiger partial charge is 0.355 e. The van der Waals surface area contributed by atoms with Crippen molar-refractivity contribution < 1.29 is 9.90 Å². The maximum absolute atomic E-state index is 12.5. The quantitative estimate of drug-likeness (QED) is 0.298. The van der Waals surface area contributed by atoms with Gasteiger partial charge in [0.05, 0.1) is 31.2 Å². The molecule has 1 aliphatic rings. The molecular formula is C22H14Cl2N6O2S2. The molecule has 8 nitrogen and oxygen atoms in total. The number of hydrogen-bond donors (Lipinski definition) is 1. The van der Waals surface area contributed by atoms with E-state index in [9.17, 15) is 9.90 Å². The van der Waals surface area contributed by atoms with Crippen LogP contribution in [-0.2, 0) is 0 Å². The van der Waals surface area contributed by atoms with E-state index in [0.717, 1.165) is 21.0 Å². The lowest BCUT2D eigenvalue weighted by Crippen LogP contribution is -2.09. The number of benzene rings is 1. The number of thiazole rings is 1. The Labute approximate surface area is 211 Å². The third-order valence-corrected chi connectivity index (χ3v) is 8.74. The maximum Gasteiger partial charge on any atom is 0.355 e. The first-order valence-corrected chi connectivity index (χ1v) is 12.6. The molecule has 1 unspecified atom stereocenters. The summed E-state index contributed by atoms with van der Waals surface area (Å²) in [6.07, 6.45) is 1.79. The van der Waals surface area contributed by atoms with Crippen LogP contribution in [0.4, 0.5) is 0 Å². The van der Waals surface area contributed by atoms with Crippen molar-refractivity contribution in [3.05, 3.63) is 63.5 Å². The SMILES string of the molecule is Cc1nn(-c2nc3c(s2)SC(C)c2cc(Cl)c(Cl)cc2-3)c(C(=O)O)c1-c1nnc2ccccn12. The Morgan fingerprint density at radius 2 is 1.97 bits per heavy atom. The van der Waals surface area contributed by atoms with E-state index in [1.54, 1.807) is 35.3 Å². The van der Waals surface area contributed by atoms with Gasteiger partial charge in [0.25, 0.3) is 0 Å². The second-order valence-corrected chi connectivity index (χ2v) is 11.1. The van der Waals surface area contributed by atoms with Crippen LogP contribution in [0.5, 0.6) is 0 Å². The van der Waals surface area contributed by atoms with Crippen LogP contribution in [0.2, 0.25) is 10.0 Å². The molecular weight excluding hydrogens is 515 g/mol. The third kappa shape index (κ3) is 3.17. The zero-order valence-corrected chi connectivity index (χ0v) is 20.8. The van der Waals surface area contributed by atoms with Crippen LogP contribution < -0.4 is 0 Å². The minimum atomic E-state index is -1.13. The molecule has 0 amide bonds. The van der Waals surface area contributed by atoms with E-state index in [0.29, 0.717) is 37.9 Å². The zero-order chi connectivity index (χ0) is 23.7. The molecule has 1 atom stereocenters. The Hall–Kier alpha value is -2.92. The number of carboxylic acids is 1. The summed E-state index contributed by atoms with van der Waals surface area (Å²) in [4.78, 5) is 17.3. The summed E-state index contributed by atoms with van der Waals surface area (Å²) in [7, 11) is 0. The van der Waals surface area contributed by atoms with Gasteiger partial charge < -0.3 is 5.11 Å². The molecule has 0 fully saturated rings. The molecule has 0 aliphatic carbocycles. The van der Waals surface area contributed by atoms with Crippen LogP contribution in [-0.4, -0.2) is 40.4 Å². The maximum atomic E-state index is 12.5. The third-order valence-electron chi connectivity index (χ3n) is 5.64. The number of fused-ring (bicyclic) bond motifs is 4. The molecule has 170 valence electrons. The molecule has 0 spiro atoms. The molecule has 0 bridgehead atoms. The van der Waals surface area contributed by atoms with E-state index < -0.39 is 5.97 Å². The minimum absolute atomic E-state index is 0.0193. The van der Waals surface area contributed by atoms with Crippen molar-refractivity contribution in [2.75, 3.05) is 0 Å². The van der Waals surface area contributed by atoms with Gasteiger partial charge in [0.1, 0.15) is 0 Å². The highest BCUT2D eigenvalue weighted by molar-refractivity contribution is 8.01. The molecule has 12 heteroatoms. The van der Waals surface area contributed by atoms with E-state index in [4.69, 9.17) is 28.2 Å². The van der Waals surface area contributed by atoms with Crippen molar-refractivity contribution >= 4 is 57.9 Å². The molecule has 1 aliphatic heterocycles. The van der Waals surface area contributed by atoms with Crippen LogP contribution in [0.3, 0.4) is 0 Å². The lowest BCUT2D eigenvalue weighted by atomic mass is 10.0. The number of thioether (sulfide) groups is 1. The lowest BCUT2D eigenvalue weighted by molar-refractivity contribution is 0.0687. The summed E-state index contributed by atoms with van der Waals surface area (Å²) in [6.45, 7) is 3.84. The number of carboxylic acid groups (broad SMARTS) is 1. The van der Waals surface area contributed by atoms with E-state index in [2.05, 4.69) is 22.2 Å². The van der Waals surface area contributed by atoms with Crippen LogP contribution in [0.25, 0.3) is 33.4 Å². The van der Waals surface area contributed by atoms with E-state index in [-0.39, 0.29) is 10.9 Å². The van der Waals surface area contributed by atoms with Crippen LogP contribution in [0.1, 0.15) is 33.9 Å². The number of aromatic nitrogens is 6. The lowest BCUT2D eigenvalue weighted by Gasteiger charge is -2.21. The van der Waals surface area contributed by atoms with Crippen molar-refractivity contribution in [3.63, 3.8) is 0 Å². The predicted molar refractivity (Wildman–Crippen MR) is 133 cm³/mol. The first-order valence-electron chi connectivity index (χ1n) is 10.1. The number of pyridine rings is 1. The fourth-order valence-electron chi connectivity index (χ4n) is 4.11. The fraction of sp³-hybridized carbons (Fsp3) is 0.136. The van der Waals surface area contributed by atoms with Crippen molar-refractivity contribution in [1.82, 2.24) is 29.4 Å². The van der Waals surface area contributed by atoms with Gasteiger partial charge in [-0.3, -0.25) is 4.40 Å². The average Bonchev–Trinajstić information content (AvgIpc) is 3.50. The summed E-state index contributed by atoms with van der Waals surface area (Å²) >= 11 is 15.6. The number of aryl methyl sites for hydroxylation is 1. The van der Waals surface area contributed by atoms with Crippen molar-refractivity contribution in [2.45, 2.75) is 23.3 Å².